The van der Waals surface area contributed by atoms with Gasteiger partial charge in [-0.1, -0.05) is 11.2 Å². The Bertz CT molecular complexity index is 642. The van der Waals surface area contributed by atoms with Crippen LogP contribution in [0.2, 0.25) is 0 Å². The van der Waals surface area contributed by atoms with Crippen molar-refractivity contribution in [2.75, 3.05) is 12.3 Å². The highest BCUT2D eigenvalue weighted by atomic mass is 16.2. The van der Waals surface area contributed by atoms with Crippen LogP contribution in [0.1, 0.15) is 31.4 Å². The van der Waals surface area contributed by atoms with Gasteiger partial charge in [-0.25, -0.2) is 4.68 Å². The van der Waals surface area contributed by atoms with Crippen molar-refractivity contribution in [1.29, 1.82) is 0 Å². The van der Waals surface area contributed by atoms with Crippen LogP contribution in [0.3, 0.4) is 0 Å². The third-order valence-corrected chi connectivity index (χ3v) is 4.25. The molecule has 2 aromatic rings. The molecule has 1 amide bonds. The van der Waals surface area contributed by atoms with Gasteiger partial charge in [0.15, 0.2) is 0 Å². The summed E-state index contributed by atoms with van der Waals surface area (Å²) in [5.74, 6) is 0.190. The first-order valence-corrected chi connectivity index (χ1v) is 7.95. The lowest BCUT2D eigenvalue weighted by Crippen LogP contribution is -2.45. The van der Waals surface area contributed by atoms with Crippen LogP contribution < -0.4 is 5.73 Å². The number of carbonyl (C=O) groups is 1. The summed E-state index contributed by atoms with van der Waals surface area (Å²) in [6.45, 7) is 0.882. The molecule has 0 saturated carbocycles. The number of piperidine rings is 1. The fourth-order valence-electron chi connectivity index (χ4n) is 3.03. The van der Waals surface area contributed by atoms with Gasteiger partial charge in [-0.05, 0) is 54.7 Å². The zero-order valence-corrected chi connectivity index (χ0v) is 13.0. The van der Waals surface area contributed by atoms with E-state index >= 15 is 0 Å². The summed E-state index contributed by atoms with van der Waals surface area (Å²) in [4.78, 5) is 18.9. The monoisotopic (exact) mass is 315 g/mol. The largest absolute Gasteiger partial charge is 0.367 e. The van der Waals surface area contributed by atoms with E-state index in [0.29, 0.717) is 0 Å². The van der Waals surface area contributed by atoms with Crippen molar-refractivity contribution in [1.82, 2.24) is 30.1 Å². The maximum Gasteiger partial charge on any atom is 0.244 e. The summed E-state index contributed by atoms with van der Waals surface area (Å²) < 4.78 is 1.34. The number of nitrogen functional groups attached to an aromatic ring is 1. The van der Waals surface area contributed by atoms with Crippen molar-refractivity contribution in [3.8, 4) is 0 Å². The molecule has 122 valence electrons. The number of tetrazole rings is 1. The number of nitrogens with zero attached hydrogens (tertiary/aromatic N) is 6. The third kappa shape index (κ3) is 3.82. The van der Waals surface area contributed by atoms with Crippen molar-refractivity contribution < 1.29 is 4.79 Å². The van der Waals surface area contributed by atoms with Gasteiger partial charge < -0.3 is 10.6 Å². The summed E-state index contributed by atoms with van der Waals surface area (Å²) in [7, 11) is 0. The molecule has 0 aliphatic carbocycles. The van der Waals surface area contributed by atoms with Gasteiger partial charge in [0.05, 0.1) is 0 Å². The summed E-state index contributed by atoms with van der Waals surface area (Å²) in [5, 5.41) is 10.8. The quantitative estimate of drug-likeness (QED) is 0.869. The van der Waals surface area contributed by atoms with Crippen LogP contribution in [0.4, 0.5) is 5.95 Å². The van der Waals surface area contributed by atoms with E-state index in [1.165, 1.54) is 4.68 Å². The topological polar surface area (TPSA) is 103 Å². The number of hydrogen-bond acceptors (Lipinski definition) is 6. The number of aryl methyl sites for hydroxylation is 1. The van der Waals surface area contributed by atoms with Gasteiger partial charge in [-0.2, -0.15) is 0 Å². The smallest absolute Gasteiger partial charge is 0.244 e. The van der Waals surface area contributed by atoms with E-state index in [9.17, 15) is 4.79 Å². The molecule has 0 spiro atoms. The molecule has 2 N–H and O–H groups in total. The Hall–Kier alpha value is -2.51. The molecule has 1 aliphatic rings. The third-order valence-electron chi connectivity index (χ3n) is 4.25. The lowest BCUT2D eigenvalue weighted by Gasteiger charge is -2.36. The molecule has 0 radical (unpaired) electrons. The molecule has 1 atom stereocenters. The van der Waals surface area contributed by atoms with E-state index < -0.39 is 0 Å². The number of anilines is 1. The number of rotatable bonds is 5. The molecule has 3 heterocycles. The van der Waals surface area contributed by atoms with Gasteiger partial charge in [-0.3, -0.25) is 9.78 Å². The Morgan fingerprint density at radius 1 is 1.35 bits per heavy atom. The average Bonchev–Trinajstić information content (AvgIpc) is 2.99. The Morgan fingerprint density at radius 3 is 3.00 bits per heavy atom. The second kappa shape index (κ2) is 7.17. The number of likely N-dealkylation sites (tertiary alicyclic amines) is 1. The minimum Gasteiger partial charge on any atom is -0.367 e. The number of hydrogen-bond donors (Lipinski definition) is 1. The zero-order chi connectivity index (χ0) is 16.1. The highest BCUT2D eigenvalue weighted by Gasteiger charge is 2.27. The zero-order valence-electron chi connectivity index (χ0n) is 13.0. The summed E-state index contributed by atoms with van der Waals surface area (Å²) in [5.41, 5.74) is 6.70. The van der Waals surface area contributed by atoms with Crippen molar-refractivity contribution in [3.05, 3.63) is 30.1 Å². The molecule has 8 nitrogen and oxygen atoms in total. The van der Waals surface area contributed by atoms with Crippen molar-refractivity contribution in [2.24, 2.45) is 0 Å². The van der Waals surface area contributed by atoms with Crippen LogP contribution in [0.25, 0.3) is 0 Å². The van der Waals surface area contributed by atoms with E-state index in [2.05, 4.69) is 20.5 Å². The normalized spacial score (nSPS) is 18.1. The van der Waals surface area contributed by atoms with Crippen LogP contribution in [-0.2, 0) is 17.8 Å². The molecular weight excluding hydrogens is 294 g/mol. The molecule has 0 aromatic carbocycles. The van der Waals surface area contributed by atoms with Gasteiger partial charge in [0.2, 0.25) is 11.9 Å². The number of pyridine rings is 1. The van der Waals surface area contributed by atoms with Crippen molar-refractivity contribution in [2.45, 2.75) is 44.7 Å². The van der Waals surface area contributed by atoms with Gasteiger partial charge in [0.25, 0.3) is 0 Å². The standard InChI is InChI=1S/C15H21N7O/c16-15-18-19-20-22(15)11-14(23)21-10-4-2-6-13(21)8-7-12-5-1-3-9-17-12/h1,3,5,9,13H,2,4,6-8,10-11H2,(H2,16,18,20)/t13-/m0/s1. The minimum absolute atomic E-state index is 0.0229. The minimum atomic E-state index is 0.0229. The molecule has 2 aromatic heterocycles. The van der Waals surface area contributed by atoms with Gasteiger partial charge in [0, 0.05) is 24.5 Å². The number of amides is 1. The second-order valence-electron chi connectivity index (χ2n) is 5.79. The molecule has 0 bridgehead atoms. The van der Waals surface area contributed by atoms with E-state index in [4.69, 9.17) is 5.73 Å². The number of carbonyl (C=O) groups excluding carboxylic acids is 1. The fourth-order valence-corrected chi connectivity index (χ4v) is 3.03. The number of aromatic nitrogens is 5. The molecule has 8 heteroatoms. The van der Waals surface area contributed by atoms with Crippen LogP contribution in [0.5, 0.6) is 0 Å². The van der Waals surface area contributed by atoms with E-state index in [0.717, 1.165) is 44.3 Å². The Kier molecular flexibility index (Phi) is 4.80. The first kappa shape index (κ1) is 15.4. The van der Waals surface area contributed by atoms with E-state index in [1.807, 2.05) is 23.1 Å². The maximum atomic E-state index is 12.6. The lowest BCUT2D eigenvalue weighted by molar-refractivity contribution is -0.135. The Labute approximate surface area is 134 Å². The van der Waals surface area contributed by atoms with Gasteiger partial charge in [0.1, 0.15) is 6.54 Å². The summed E-state index contributed by atoms with van der Waals surface area (Å²) >= 11 is 0. The number of nitrogens with two attached hydrogens (primary N) is 1. The highest BCUT2D eigenvalue weighted by molar-refractivity contribution is 5.76. The maximum absolute atomic E-state index is 12.6. The average molecular weight is 315 g/mol. The van der Waals surface area contributed by atoms with Crippen molar-refractivity contribution in [3.63, 3.8) is 0 Å². The summed E-state index contributed by atoms with van der Waals surface area (Å²) in [6.07, 6.45) is 6.83. The molecule has 0 unspecified atom stereocenters. The fraction of sp³-hybridized carbons (Fsp3) is 0.533. The molecule has 3 rings (SSSR count). The first-order valence-electron chi connectivity index (χ1n) is 7.95. The second-order valence-corrected chi connectivity index (χ2v) is 5.79. The van der Waals surface area contributed by atoms with Gasteiger partial charge >= 0.3 is 0 Å². The van der Waals surface area contributed by atoms with Crippen LogP contribution in [0, 0.1) is 0 Å². The predicted octanol–water partition coefficient (Wildman–Crippen LogP) is 0.664. The molecule has 23 heavy (non-hydrogen) atoms. The van der Waals surface area contributed by atoms with Gasteiger partial charge in [-0.15, -0.1) is 0 Å². The Balaban J connectivity index is 1.61. The highest BCUT2D eigenvalue weighted by Crippen LogP contribution is 2.21. The van der Waals surface area contributed by atoms with Crippen LogP contribution >= 0.6 is 0 Å². The van der Waals surface area contributed by atoms with Crippen LogP contribution in [-0.4, -0.2) is 48.6 Å². The van der Waals surface area contributed by atoms with E-state index in [-0.39, 0.29) is 24.4 Å². The van der Waals surface area contributed by atoms with Crippen LogP contribution in [0.15, 0.2) is 24.4 Å². The molecular formula is C15H21N7O. The Morgan fingerprint density at radius 2 is 2.26 bits per heavy atom. The lowest BCUT2D eigenvalue weighted by atomic mass is 9.97. The van der Waals surface area contributed by atoms with E-state index in [1.54, 1.807) is 6.20 Å². The SMILES string of the molecule is Nc1nnnn1CC(=O)N1CCCC[C@H]1CCc1ccccn1. The summed E-state index contributed by atoms with van der Waals surface area (Å²) in [6, 6.07) is 6.18. The molecule has 1 fully saturated rings. The first-order chi connectivity index (χ1) is 11.2. The predicted molar refractivity (Wildman–Crippen MR) is 84.1 cm³/mol. The molecule has 1 aliphatic heterocycles. The molecule has 1 saturated heterocycles. The van der Waals surface area contributed by atoms with Crippen molar-refractivity contribution >= 4 is 11.9 Å².